The zero-order valence-corrected chi connectivity index (χ0v) is 18.4. The molecule has 0 atom stereocenters. The molecule has 1 saturated heterocycles. The molecule has 0 unspecified atom stereocenters. The molecule has 1 aliphatic rings. The lowest BCUT2D eigenvalue weighted by Crippen LogP contribution is -2.50. The van der Waals surface area contributed by atoms with Gasteiger partial charge in [-0.2, -0.15) is 0 Å². The molecule has 5 heteroatoms. The van der Waals surface area contributed by atoms with Crippen LogP contribution in [0.15, 0.2) is 36.4 Å². The molecule has 1 aliphatic heterocycles. The molecule has 2 aromatic rings. The number of amides is 1. The van der Waals surface area contributed by atoms with E-state index < -0.39 is 0 Å². The molecule has 3 rings (SSSR count). The Kier molecular flexibility index (Phi) is 6.27. The van der Waals surface area contributed by atoms with Crippen LogP contribution in [0.4, 0.5) is 0 Å². The Balaban J connectivity index is 1.62. The number of rotatable bonds is 5. The van der Waals surface area contributed by atoms with Gasteiger partial charge in [-0.15, -0.1) is 0 Å². The maximum absolute atomic E-state index is 13.0. The number of nitrogens with zero attached hydrogens (tertiary/aromatic N) is 3. The van der Waals surface area contributed by atoms with Crippen molar-refractivity contribution in [1.82, 2.24) is 14.4 Å². The second kappa shape index (κ2) is 8.54. The minimum atomic E-state index is 0.00544. The smallest absolute Gasteiger partial charge is 0.223 e. The molecule has 0 radical (unpaired) electrons. The summed E-state index contributed by atoms with van der Waals surface area (Å²) in [6.45, 7) is 13.6. The molecule has 1 aromatic carbocycles. The van der Waals surface area contributed by atoms with E-state index in [1.165, 1.54) is 0 Å². The van der Waals surface area contributed by atoms with Gasteiger partial charge in [0, 0.05) is 55.2 Å². The van der Waals surface area contributed by atoms with Crippen LogP contribution in [-0.2, 0) is 4.79 Å². The Morgan fingerprint density at radius 3 is 2.17 bits per heavy atom. The van der Waals surface area contributed by atoms with E-state index in [4.69, 9.17) is 0 Å². The first-order chi connectivity index (χ1) is 13.7. The first-order valence-corrected chi connectivity index (χ1v) is 10.4. The van der Waals surface area contributed by atoms with Crippen LogP contribution in [-0.4, -0.2) is 58.8 Å². The molecule has 1 aromatic heterocycles. The molecular weight excluding hydrogens is 362 g/mol. The molecule has 1 fully saturated rings. The summed E-state index contributed by atoms with van der Waals surface area (Å²) in [6.07, 6.45) is 0.567. The lowest BCUT2D eigenvalue weighted by Gasteiger charge is -2.35. The highest BCUT2D eigenvalue weighted by Crippen LogP contribution is 2.22. The third kappa shape index (κ3) is 5.15. The minimum absolute atomic E-state index is 0.00544. The predicted octanol–water partition coefficient (Wildman–Crippen LogP) is 3.86. The van der Waals surface area contributed by atoms with Gasteiger partial charge in [-0.25, -0.2) is 0 Å². The summed E-state index contributed by atoms with van der Waals surface area (Å²) in [5, 5.41) is 0. The van der Waals surface area contributed by atoms with E-state index in [0.29, 0.717) is 26.1 Å². The monoisotopic (exact) mass is 395 g/mol. The van der Waals surface area contributed by atoms with E-state index in [-0.39, 0.29) is 17.1 Å². The van der Waals surface area contributed by atoms with E-state index >= 15 is 0 Å². The number of hydrogen-bond donors (Lipinski definition) is 0. The molecule has 0 saturated carbocycles. The number of para-hydroxylation sites is 1. The van der Waals surface area contributed by atoms with Crippen LogP contribution in [0.25, 0.3) is 5.69 Å². The average Bonchev–Trinajstić information content (AvgIpc) is 2.96. The highest BCUT2D eigenvalue weighted by Gasteiger charge is 2.26. The topological polar surface area (TPSA) is 45.6 Å². The molecule has 0 spiro atoms. The van der Waals surface area contributed by atoms with Crippen LogP contribution in [0, 0.1) is 19.3 Å². The van der Waals surface area contributed by atoms with E-state index in [1.54, 1.807) is 0 Å². The van der Waals surface area contributed by atoms with Crippen molar-refractivity contribution in [2.45, 2.75) is 41.0 Å². The summed E-state index contributed by atoms with van der Waals surface area (Å²) < 4.78 is 2.14. The Labute approximate surface area is 174 Å². The molecule has 2 heterocycles. The van der Waals surface area contributed by atoms with E-state index in [1.807, 2.05) is 43.0 Å². The summed E-state index contributed by atoms with van der Waals surface area (Å²) in [5.74, 6) is 0.365. The first-order valence-electron chi connectivity index (χ1n) is 10.4. The van der Waals surface area contributed by atoms with Crippen molar-refractivity contribution in [2.24, 2.45) is 5.41 Å². The van der Waals surface area contributed by atoms with Gasteiger partial charge in [0.15, 0.2) is 5.78 Å². The van der Waals surface area contributed by atoms with Gasteiger partial charge in [0.1, 0.15) is 0 Å². The summed E-state index contributed by atoms with van der Waals surface area (Å²) in [7, 11) is 0. The van der Waals surface area contributed by atoms with Crippen LogP contribution in [0.5, 0.6) is 0 Å². The van der Waals surface area contributed by atoms with Gasteiger partial charge in [0.2, 0.25) is 5.91 Å². The maximum Gasteiger partial charge on any atom is 0.223 e. The van der Waals surface area contributed by atoms with Crippen molar-refractivity contribution in [3.8, 4) is 5.69 Å². The zero-order chi connectivity index (χ0) is 21.2. The van der Waals surface area contributed by atoms with Gasteiger partial charge < -0.3 is 9.47 Å². The minimum Gasteiger partial charge on any atom is -0.340 e. The number of Topliss-reactive ketones (excluding diaryl/α,β-unsaturated/α-hetero) is 1. The number of aromatic nitrogens is 1. The van der Waals surface area contributed by atoms with Crippen LogP contribution in [0.2, 0.25) is 0 Å². The van der Waals surface area contributed by atoms with Crippen molar-refractivity contribution in [3.63, 3.8) is 0 Å². The second-order valence-electron chi connectivity index (χ2n) is 9.27. The van der Waals surface area contributed by atoms with Gasteiger partial charge in [0.05, 0.1) is 6.54 Å². The fraction of sp³-hybridized carbons (Fsp3) is 0.500. The molecule has 156 valence electrons. The van der Waals surface area contributed by atoms with Gasteiger partial charge in [-0.05, 0) is 37.5 Å². The van der Waals surface area contributed by atoms with Crippen LogP contribution in [0.1, 0.15) is 48.9 Å². The molecular formula is C24H33N3O2. The summed E-state index contributed by atoms with van der Waals surface area (Å²) in [4.78, 5) is 29.5. The molecule has 0 N–H and O–H groups in total. The van der Waals surface area contributed by atoms with Crippen molar-refractivity contribution in [2.75, 3.05) is 32.7 Å². The highest BCUT2D eigenvalue weighted by atomic mass is 16.2. The lowest BCUT2D eigenvalue weighted by molar-refractivity contribution is -0.134. The highest BCUT2D eigenvalue weighted by molar-refractivity contribution is 5.99. The number of carbonyl (C=O) groups excluding carboxylic acids is 2. The third-order valence-corrected chi connectivity index (χ3v) is 5.52. The first kappa shape index (κ1) is 21.3. The average molecular weight is 396 g/mol. The van der Waals surface area contributed by atoms with Gasteiger partial charge >= 0.3 is 0 Å². The standard InChI is InChI=1S/C24H33N3O2/c1-18-15-21(19(2)27(18)20-9-7-6-8-10-20)22(28)17-25-11-13-26(14-12-25)23(29)16-24(3,4)5/h6-10,15H,11-14,16-17H2,1-5H3. The van der Waals surface area contributed by atoms with Gasteiger partial charge in [-0.1, -0.05) is 39.0 Å². The SMILES string of the molecule is Cc1cc(C(=O)CN2CCN(C(=O)CC(C)(C)C)CC2)c(C)n1-c1ccccc1. The van der Waals surface area contributed by atoms with Crippen LogP contribution >= 0.6 is 0 Å². The molecule has 29 heavy (non-hydrogen) atoms. The third-order valence-electron chi connectivity index (χ3n) is 5.52. The number of ketones is 1. The number of carbonyl (C=O) groups is 2. The Morgan fingerprint density at radius 2 is 1.59 bits per heavy atom. The fourth-order valence-electron chi connectivity index (χ4n) is 4.03. The number of benzene rings is 1. The molecule has 5 nitrogen and oxygen atoms in total. The predicted molar refractivity (Wildman–Crippen MR) is 117 cm³/mol. The Bertz CT molecular complexity index is 870. The fourth-order valence-corrected chi connectivity index (χ4v) is 4.03. The summed E-state index contributed by atoms with van der Waals surface area (Å²) in [6, 6.07) is 12.1. The number of hydrogen-bond acceptors (Lipinski definition) is 3. The van der Waals surface area contributed by atoms with Crippen molar-refractivity contribution in [3.05, 3.63) is 53.3 Å². The van der Waals surface area contributed by atoms with Crippen molar-refractivity contribution < 1.29 is 9.59 Å². The van der Waals surface area contributed by atoms with E-state index in [9.17, 15) is 9.59 Å². The zero-order valence-electron chi connectivity index (χ0n) is 18.4. The maximum atomic E-state index is 13.0. The van der Waals surface area contributed by atoms with Crippen LogP contribution in [0.3, 0.4) is 0 Å². The number of piperazine rings is 1. The number of aryl methyl sites for hydroxylation is 1. The lowest BCUT2D eigenvalue weighted by atomic mass is 9.91. The normalized spacial score (nSPS) is 15.6. The summed E-state index contributed by atoms with van der Waals surface area (Å²) >= 11 is 0. The van der Waals surface area contributed by atoms with Gasteiger partial charge in [-0.3, -0.25) is 14.5 Å². The van der Waals surface area contributed by atoms with Crippen LogP contribution < -0.4 is 0 Å². The Hall–Kier alpha value is -2.40. The van der Waals surface area contributed by atoms with Crippen molar-refractivity contribution in [1.29, 1.82) is 0 Å². The van der Waals surface area contributed by atoms with Gasteiger partial charge in [0.25, 0.3) is 0 Å². The largest absolute Gasteiger partial charge is 0.340 e. The van der Waals surface area contributed by atoms with Crippen molar-refractivity contribution >= 4 is 11.7 Å². The Morgan fingerprint density at radius 1 is 0.966 bits per heavy atom. The quantitative estimate of drug-likeness (QED) is 0.722. The molecule has 1 amide bonds. The van der Waals surface area contributed by atoms with E-state index in [2.05, 4.69) is 42.4 Å². The van der Waals surface area contributed by atoms with E-state index in [0.717, 1.165) is 35.7 Å². The molecule has 0 bridgehead atoms. The molecule has 0 aliphatic carbocycles. The summed E-state index contributed by atoms with van der Waals surface area (Å²) in [5.41, 5.74) is 3.92. The second-order valence-corrected chi connectivity index (χ2v) is 9.27.